The molecule has 2 aliphatic heterocycles. The van der Waals surface area contributed by atoms with Crippen molar-refractivity contribution < 1.29 is 0 Å². The van der Waals surface area contributed by atoms with Crippen molar-refractivity contribution in [2.24, 2.45) is 0 Å². The molecule has 0 bridgehead atoms. The molecule has 0 atom stereocenters. The van der Waals surface area contributed by atoms with Crippen LogP contribution >= 0.6 is 0 Å². The number of para-hydroxylation sites is 2. The first kappa shape index (κ1) is 43.2. The quantitative estimate of drug-likeness (QED) is 0.145. The van der Waals surface area contributed by atoms with Gasteiger partial charge in [0.15, 0.2) is 0 Å². The molecule has 4 heteroatoms. The SMILES string of the molecule is CCCCc1ccc(N2B3c4c(cc5c(c4-n4c6ccc(-c7ccccc7)cc6c6cc(-c7ccccc7)cc3c64)C(C)(C)c3ccccc3-5)-c3c2ccc2c4cccc5c6ccccc6n(c32)c54)c(-c2ccccc2)c1. The second-order valence-corrected chi connectivity index (χ2v) is 22.5. The van der Waals surface area contributed by atoms with Crippen molar-refractivity contribution in [3.8, 4) is 61.3 Å². The van der Waals surface area contributed by atoms with E-state index in [1.54, 1.807) is 0 Å². The third kappa shape index (κ3) is 5.72. The lowest BCUT2D eigenvalue weighted by Crippen LogP contribution is -2.61. The molecule has 5 heterocycles. The summed E-state index contributed by atoms with van der Waals surface area (Å²) in [7, 11) is 0. The molecule has 17 rings (SSSR count). The largest absolute Gasteiger partial charge is 0.376 e. The summed E-state index contributed by atoms with van der Waals surface area (Å²) in [5.74, 6) is 0. The number of fused-ring (bicyclic) bond motifs is 18. The average molecular weight is 982 g/mol. The summed E-state index contributed by atoms with van der Waals surface area (Å²) in [6.07, 6.45) is 3.34. The van der Waals surface area contributed by atoms with Gasteiger partial charge in [-0.05, 0) is 133 Å². The van der Waals surface area contributed by atoms with Crippen LogP contribution in [0.15, 0.2) is 224 Å². The lowest BCUT2D eigenvalue weighted by molar-refractivity contribution is 0.657. The summed E-state index contributed by atoms with van der Waals surface area (Å²) in [5.41, 5.74) is 29.3. The zero-order valence-electron chi connectivity index (χ0n) is 43.4. The molecule has 0 unspecified atom stereocenters. The molecule has 0 saturated heterocycles. The van der Waals surface area contributed by atoms with E-state index < -0.39 is 0 Å². The molecule has 77 heavy (non-hydrogen) atoms. The van der Waals surface area contributed by atoms with Crippen LogP contribution in [0.25, 0.3) is 121 Å². The molecule has 362 valence electrons. The first-order valence-electron chi connectivity index (χ1n) is 27.7. The molecule has 0 spiro atoms. The fourth-order valence-electron chi connectivity index (χ4n) is 14.8. The van der Waals surface area contributed by atoms with Gasteiger partial charge >= 0.3 is 6.85 Å². The second-order valence-electron chi connectivity index (χ2n) is 22.5. The molecule has 0 amide bonds. The minimum Gasteiger partial charge on any atom is -0.376 e. The Morgan fingerprint density at radius 3 is 1.88 bits per heavy atom. The Hall–Kier alpha value is -9.12. The van der Waals surface area contributed by atoms with Gasteiger partial charge in [-0.3, -0.25) is 0 Å². The topological polar surface area (TPSA) is 12.6 Å². The molecule has 3 aliphatic rings. The zero-order valence-corrected chi connectivity index (χ0v) is 43.4. The van der Waals surface area contributed by atoms with Gasteiger partial charge in [0.25, 0.3) is 0 Å². The molecule has 1 aliphatic carbocycles. The Balaban J connectivity index is 1.11. The first-order valence-corrected chi connectivity index (χ1v) is 27.7. The summed E-state index contributed by atoms with van der Waals surface area (Å²) < 4.78 is 5.37. The normalized spacial score (nSPS) is 13.9. The van der Waals surface area contributed by atoms with E-state index in [9.17, 15) is 0 Å². The van der Waals surface area contributed by atoms with Gasteiger partial charge in [0.1, 0.15) is 0 Å². The van der Waals surface area contributed by atoms with E-state index in [0.29, 0.717) is 0 Å². The maximum Gasteiger partial charge on any atom is 0.333 e. The van der Waals surface area contributed by atoms with Crippen molar-refractivity contribution in [3.63, 3.8) is 0 Å². The second kappa shape index (κ2) is 15.7. The molecular weight excluding hydrogens is 930 g/mol. The van der Waals surface area contributed by atoms with Gasteiger partial charge in [0.05, 0.1) is 27.6 Å². The number of rotatable bonds is 7. The van der Waals surface area contributed by atoms with E-state index in [4.69, 9.17) is 0 Å². The van der Waals surface area contributed by atoms with Crippen LogP contribution in [-0.2, 0) is 11.8 Å². The summed E-state index contributed by atoms with van der Waals surface area (Å²) in [6.45, 7) is 7.06. The fourth-order valence-corrected chi connectivity index (χ4v) is 14.8. The maximum atomic E-state index is 2.81. The predicted molar refractivity (Wildman–Crippen MR) is 327 cm³/mol. The molecular formula is C73H52BN3. The molecule has 3 nitrogen and oxygen atoms in total. The van der Waals surface area contributed by atoms with Crippen LogP contribution in [0, 0.1) is 0 Å². The highest BCUT2D eigenvalue weighted by atomic mass is 15.1. The summed E-state index contributed by atoms with van der Waals surface area (Å²) in [5, 5.41) is 7.71. The highest BCUT2D eigenvalue weighted by molar-refractivity contribution is 6.94. The van der Waals surface area contributed by atoms with E-state index in [0.717, 1.165) is 19.3 Å². The molecule has 0 saturated carbocycles. The summed E-state index contributed by atoms with van der Waals surface area (Å²) >= 11 is 0. The third-order valence-electron chi connectivity index (χ3n) is 18.1. The molecule has 0 N–H and O–H groups in total. The molecule has 3 aromatic heterocycles. The maximum absolute atomic E-state index is 2.81. The number of aryl methyl sites for hydroxylation is 1. The number of benzene rings is 11. The lowest BCUT2D eigenvalue weighted by atomic mass is 9.43. The predicted octanol–water partition coefficient (Wildman–Crippen LogP) is 17.8. The Bertz CT molecular complexity index is 4810. The van der Waals surface area contributed by atoms with Crippen molar-refractivity contribution >= 4 is 89.0 Å². The number of hydrogen-bond donors (Lipinski definition) is 0. The van der Waals surface area contributed by atoms with Crippen LogP contribution in [-0.4, -0.2) is 15.8 Å². The van der Waals surface area contributed by atoms with Crippen LogP contribution in [0.4, 0.5) is 11.4 Å². The van der Waals surface area contributed by atoms with Crippen LogP contribution in [0.3, 0.4) is 0 Å². The first-order chi connectivity index (χ1) is 38.0. The summed E-state index contributed by atoms with van der Waals surface area (Å²) in [4.78, 5) is 2.81. The Kier molecular flexibility index (Phi) is 8.81. The van der Waals surface area contributed by atoms with Gasteiger partial charge in [0.2, 0.25) is 0 Å². The van der Waals surface area contributed by atoms with E-state index in [1.807, 2.05) is 0 Å². The number of unbranched alkanes of at least 4 members (excludes halogenated alkanes) is 1. The van der Waals surface area contributed by atoms with Crippen molar-refractivity contribution in [2.45, 2.75) is 45.4 Å². The number of nitrogens with zero attached hydrogens (tertiary/aromatic N) is 3. The van der Waals surface area contributed by atoms with Gasteiger partial charge in [-0.2, -0.15) is 0 Å². The van der Waals surface area contributed by atoms with Gasteiger partial charge in [-0.1, -0.05) is 203 Å². The van der Waals surface area contributed by atoms with Gasteiger partial charge in [-0.15, -0.1) is 0 Å². The van der Waals surface area contributed by atoms with Crippen LogP contribution in [0.2, 0.25) is 0 Å². The molecule has 14 aromatic rings. The highest BCUT2D eigenvalue weighted by Crippen LogP contribution is 2.58. The van der Waals surface area contributed by atoms with E-state index in [-0.39, 0.29) is 12.3 Å². The molecule has 0 radical (unpaired) electrons. The van der Waals surface area contributed by atoms with Gasteiger partial charge in [-0.25, -0.2) is 0 Å². The monoisotopic (exact) mass is 981 g/mol. The summed E-state index contributed by atoms with van der Waals surface area (Å²) in [6, 6.07) is 85.9. The van der Waals surface area contributed by atoms with E-state index >= 15 is 0 Å². The molecule has 0 fully saturated rings. The van der Waals surface area contributed by atoms with Crippen LogP contribution in [0.5, 0.6) is 0 Å². The highest BCUT2D eigenvalue weighted by Gasteiger charge is 2.50. The Morgan fingerprint density at radius 2 is 1.09 bits per heavy atom. The minimum absolute atomic E-state index is 0.207. The number of hydrogen-bond acceptors (Lipinski definition) is 1. The van der Waals surface area contributed by atoms with Crippen molar-refractivity contribution in [1.82, 2.24) is 8.97 Å². The fraction of sp³-hybridized carbons (Fsp3) is 0.0959. The van der Waals surface area contributed by atoms with Crippen LogP contribution in [0.1, 0.15) is 50.3 Å². The van der Waals surface area contributed by atoms with Gasteiger partial charge in [0, 0.05) is 65.9 Å². The number of aromatic nitrogens is 2. The Morgan fingerprint density at radius 1 is 0.429 bits per heavy atom. The lowest BCUT2D eigenvalue weighted by Gasteiger charge is -2.44. The van der Waals surface area contributed by atoms with Crippen molar-refractivity contribution in [2.75, 3.05) is 4.81 Å². The average Bonchev–Trinajstić information content (AvgIpc) is 4.31. The third-order valence-corrected chi connectivity index (χ3v) is 18.1. The zero-order chi connectivity index (χ0) is 50.8. The van der Waals surface area contributed by atoms with Crippen molar-refractivity contribution in [1.29, 1.82) is 0 Å². The minimum atomic E-state index is -0.311. The van der Waals surface area contributed by atoms with Crippen LogP contribution < -0.4 is 15.7 Å². The Labute approximate surface area is 448 Å². The van der Waals surface area contributed by atoms with E-state index in [2.05, 4.69) is 259 Å². The standard InChI is InChI=1S/C73H52BN3/c1-4-5-20-44-33-36-64(55(39-44)47-25-13-8-14-26-47)77-65-38-35-54-53-30-19-29-52-51-28-16-18-32-62(51)75(69(52)53)71(54)66(65)59-43-57-50-27-15-17-31-60(50)73(2,3)67(57)72-68(59)74(77)61-42-49(46-23-11-7-12-24-46)41-58-56-40-48(45-21-9-6-10-22-45)34-37-63(56)76(72)70(58)61/h6-19,21-43H,4-5,20H2,1-3H3. The smallest absolute Gasteiger partial charge is 0.333 e. The van der Waals surface area contributed by atoms with Gasteiger partial charge < -0.3 is 13.8 Å². The molecule has 11 aromatic carbocycles. The van der Waals surface area contributed by atoms with E-state index in [1.165, 1.54) is 160 Å². The number of anilines is 2. The van der Waals surface area contributed by atoms with Crippen molar-refractivity contribution in [3.05, 3.63) is 241 Å².